The summed E-state index contributed by atoms with van der Waals surface area (Å²) < 4.78 is 19.6. The molecule has 4 rings (SSSR count). The minimum absolute atomic E-state index is 0.0380. The molecule has 1 aliphatic rings. The van der Waals surface area contributed by atoms with Crippen molar-refractivity contribution in [2.75, 3.05) is 14.2 Å². The summed E-state index contributed by atoms with van der Waals surface area (Å²) in [6.07, 6.45) is 2.77. The number of para-hydroxylation sites is 1. The molecule has 29 heavy (non-hydrogen) atoms. The van der Waals surface area contributed by atoms with Crippen LogP contribution in [0, 0.1) is 0 Å². The van der Waals surface area contributed by atoms with Crippen molar-refractivity contribution < 1.29 is 19.0 Å². The lowest BCUT2D eigenvalue weighted by Gasteiger charge is -2.24. The van der Waals surface area contributed by atoms with Crippen LogP contribution in [0.2, 0.25) is 5.02 Å². The first-order valence-electron chi connectivity index (χ1n) is 9.22. The first kappa shape index (κ1) is 19.5. The van der Waals surface area contributed by atoms with Gasteiger partial charge < -0.3 is 18.8 Å². The molecule has 0 amide bonds. The molecule has 0 radical (unpaired) electrons. The molecule has 2 aromatic heterocycles. The Kier molecular flexibility index (Phi) is 5.30. The van der Waals surface area contributed by atoms with E-state index in [0.29, 0.717) is 22.3 Å². The van der Waals surface area contributed by atoms with E-state index in [1.165, 1.54) is 0 Å². The van der Waals surface area contributed by atoms with E-state index in [-0.39, 0.29) is 12.2 Å². The molecule has 3 heterocycles. The van der Waals surface area contributed by atoms with Crippen LogP contribution in [0.3, 0.4) is 0 Å². The predicted molar refractivity (Wildman–Crippen MR) is 109 cm³/mol. The van der Waals surface area contributed by atoms with Crippen molar-refractivity contribution >= 4 is 17.4 Å². The normalized spacial score (nSPS) is 17.8. The summed E-state index contributed by atoms with van der Waals surface area (Å²) in [6, 6.07) is 11.3. The summed E-state index contributed by atoms with van der Waals surface area (Å²) in [6.45, 7) is 1.56. The number of ketones is 1. The number of benzene rings is 1. The third-order valence-corrected chi connectivity index (χ3v) is 5.18. The second-order valence-corrected chi connectivity index (χ2v) is 7.30. The van der Waals surface area contributed by atoms with E-state index >= 15 is 0 Å². The third kappa shape index (κ3) is 3.50. The van der Waals surface area contributed by atoms with Crippen LogP contribution in [-0.4, -0.2) is 29.6 Å². The summed E-state index contributed by atoms with van der Waals surface area (Å²) in [5, 5.41) is 0.498. The molecule has 0 spiro atoms. The van der Waals surface area contributed by atoms with E-state index < -0.39 is 12.2 Å². The monoisotopic (exact) mass is 412 g/mol. The SMILES string of the molecule is COc1cccc(C2OC(CC(C)=O)c3cccn3-c3ncc(Cl)cc32)c1OC. The Hall–Kier alpha value is -2.83. The van der Waals surface area contributed by atoms with Crippen LogP contribution in [0.1, 0.15) is 42.4 Å². The Labute approximate surface area is 174 Å². The Morgan fingerprint density at radius 1 is 1.21 bits per heavy atom. The van der Waals surface area contributed by atoms with Gasteiger partial charge >= 0.3 is 0 Å². The van der Waals surface area contributed by atoms with Gasteiger partial charge in [0.15, 0.2) is 11.5 Å². The molecular formula is C22H21ClN2O4. The number of pyridine rings is 1. The van der Waals surface area contributed by atoms with Gasteiger partial charge in [0.25, 0.3) is 0 Å². The zero-order chi connectivity index (χ0) is 20.5. The highest BCUT2D eigenvalue weighted by Crippen LogP contribution is 2.45. The molecule has 2 atom stereocenters. The fraction of sp³-hybridized carbons (Fsp3) is 0.273. The maximum Gasteiger partial charge on any atom is 0.166 e. The lowest BCUT2D eigenvalue weighted by atomic mass is 10.00. The van der Waals surface area contributed by atoms with Gasteiger partial charge in [-0.15, -0.1) is 0 Å². The highest BCUT2D eigenvalue weighted by atomic mass is 35.5. The minimum atomic E-state index is -0.550. The van der Waals surface area contributed by atoms with Crippen molar-refractivity contribution in [3.05, 3.63) is 70.6 Å². The number of nitrogens with zero attached hydrogens (tertiary/aromatic N) is 2. The van der Waals surface area contributed by atoms with E-state index in [1.54, 1.807) is 27.3 Å². The second-order valence-electron chi connectivity index (χ2n) is 6.86. The van der Waals surface area contributed by atoms with Crippen molar-refractivity contribution in [2.24, 2.45) is 0 Å². The number of halogens is 1. The van der Waals surface area contributed by atoms with Crippen LogP contribution in [0.15, 0.2) is 48.8 Å². The molecule has 2 unspecified atom stereocenters. The summed E-state index contributed by atoms with van der Waals surface area (Å²) in [4.78, 5) is 16.6. The number of hydrogen-bond acceptors (Lipinski definition) is 5. The van der Waals surface area contributed by atoms with E-state index in [2.05, 4.69) is 4.98 Å². The van der Waals surface area contributed by atoms with Gasteiger partial charge in [0, 0.05) is 29.9 Å². The minimum Gasteiger partial charge on any atom is -0.493 e. The zero-order valence-corrected chi connectivity index (χ0v) is 17.1. The topological polar surface area (TPSA) is 62.6 Å². The molecule has 0 bridgehead atoms. The molecular weight excluding hydrogens is 392 g/mol. The molecule has 0 aliphatic carbocycles. The number of rotatable bonds is 5. The molecule has 3 aromatic rings. The second kappa shape index (κ2) is 7.89. The van der Waals surface area contributed by atoms with Crippen molar-refractivity contribution in [1.82, 2.24) is 9.55 Å². The third-order valence-electron chi connectivity index (χ3n) is 4.97. The number of ether oxygens (including phenoxy) is 3. The van der Waals surface area contributed by atoms with Crippen molar-refractivity contribution in [1.29, 1.82) is 0 Å². The first-order chi connectivity index (χ1) is 14.0. The molecule has 1 aliphatic heterocycles. The predicted octanol–water partition coefficient (Wildman–Crippen LogP) is 4.68. The van der Waals surface area contributed by atoms with Crippen LogP contribution in [0.25, 0.3) is 5.82 Å². The number of fused-ring (bicyclic) bond motifs is 3. The highest BCUT2D eigenvalue weighted by molar-refractivity contribution is 6.30. The van der Waals surface area contributed by atoms with Crippen LogP contribution in [-0.2, 0) is 9.53 Å². The number of aromatic nitrogens is 2. The van der Waals surface area contributed by atoms with Gasteiger partial charge in [-0.05, 0) is 31.2 Å². The maximum absolute atomic E-state index is 12.0. The highest BCUT2D eigenvalue weighted by Gasteiger charge is 2.34. The Morgan fingerprint density at radius 2 is 2.03 bits per heavy atom. The molecule has 0 saturated carbocycles. The van der Waals surface area contributed by atoms with Gasteiger partial charge in [0.2, 0.25) is 0 Å². The molecule has 0 N–H and O–H groups in total. The summed E-state index contributed by atoms with van der Waals surface area (Å²) in [5.74, 6) is 1.91. The van der Waals surface area contributed by atoms with Crippen molar-refractivity contribution in [3.8, 4) is 17.3 Å². The smallest absolute Gasteiger partial charge is 0.166 e. The average Bonchev–Trinajstić information content (AvgIpc) is 3.15. The van der Waals surface area contributed by atoms with Gasteiger partial charge in [-0.25, -0.2) is 4.98 Å². The van der Waals surface area contributed by atoms with E-state index in [9.17, 15) is 4.79 Å². The number of hydrogen-bond donors (Lipinski definition) is 0. The van der Waals surface area contributed by atoms with Crippen LogP contribution in [0.5, 0.6) is 11.5 Å². The lowest BCUT2D eigenvalue weighted by molar-refractivity contribution is -0.121. The molecule has 0 saturated heterocycles. The number of methoxy groups -OCH3 is 2. The number of Topliss-reactive ketones (excluding diaryl/α,β-unsaturated/α-hetero) is 1. The van der Waals surface area contributed by atoms with Crippen LogP contribution in [0.4, 0.5) is 0 Å². The van der Waals surface area contributed by atoms with Crippen LogP contribution < -0.4 is 9.47 Å². The summed E-state index contributed by atoms with van der Waals surface area (Å²) >= 11 is 6.30. The van der Waals surface area contributed by atoms with E-state index in [0.717, 1.165) is 16.8 Å². The van der Waals surface area contributed by atoms with Gasteiger partial charge in [0.1, 0.15) is 23.8 Å². The van der Waals surface area contributed by atoms with Gasteiger partial charge in [-0.1, -0.05) is 23.7 Å². The average molecular weight is 413 g/mol. The fourth-order valence-corrected chi connectivity index (χ4v) is 3.94. The Bertz CT molecular complexity index is 1060. The lowest BCUT2D eigenvalue weighted by Crippen LogP contribution is -2.14. The number of carbonyl (C=O) groups is 1. The molecule has 150 valence electrons. The molecule has 0 fully saturated rings. The van der Waals surface area contributed by atoms with E-state index in [4.69, 9.17) is 25.8 Å². The quantitative estimate of drug-likeness (QED) is 0.608. The Balaban J connectivity index is 1.96. The summed E-state index contributed by atoms with van der Waals surface area (Å²) in [7, 11) is 3.18. The van der Waals surface area contributed by atoms with Crippen molar-refractivity contribution in [2.45, 2.75) is 25.6 Å². The standard InChI is InChI=1S/C22H21ClN2O4/c1-13(26)10-19-17-7-5-9-25(17)22-16(11-14(23)12-24-22)20(29-19)15-6-4-8-18(27-2)21(15)28-3/h4-9,11-12,19-20H,10H2,1-3H3. The molecule has 1 aromatic carbocycles. The fourth-order valence-electron chi connectivity index (χ4n) is 3.77. The zero-order valence-electron chi connectivity index (χ0n) is 16.4. The molecule has 6 nitrogen and oxygen atoms in total. The first-order valence-corrected chi connectivity index (χ1v) is 9.60. The molecule has 7 heteroatoms. The maximum atomic E-state index is 12.0. The van der Waals surface area contributed by atoms with Crippen LogP contribution >= 0.6 is 11.6 Å². The number of carbonyl (C=O) groups excluding carboxylic acids is 1. The summed E-state index contributed by atoms with van der Waals surface area (Å²) in [5.41, 5.74) is 2.42. The van der Waals surface area contributed by atoms with Gasteiger partial charge in [-0.2, -0.15) is 0 Å². The van der Waals surface area contributed by atoms with E-state index in [1.807, 2.05) is 47.2 Å². The Morgan fingerprint density at radius 3 is 2.76 bits per heavy atom. The van der Waals surface area contributed by atoms with Crippen molar-refractivity contribution in [3.63, 3.8) is 0 Å². The largest absolute Gasteiger partial charge is 0.493 e. The van der Waals surface area contributed by atoms with Gasteiger partial charge in [0.05, 0.1) is 24.9 Å². The van der Waals surface area contributed by atoms with Gasteiger partial charge in [-0.3, -0.25) is 4.79 Å².